The Hall–Kier alpha value is -2.33. The fraction of sp³-hybridized carbons (Fsp3) is 0.435. The van der Waals surface area contributed by atoms with Gasteiger partial charge < -0.3 is 9.64 Å². The van der Waals surface area contributed by atoms with Gasteiger partial charge in [0.25, 0.3) is 0 Å². The summed E-state index contributed by atoms with van der Waals surface area (Å²) in [5.41, 5.74) is 2.61. The largest absolute Gasteiger partial charge is 0.449 e. The minimum absolute atomic E-state index is 0.162. The van der Waals surface area contributed by atoms with Gasteiger partial charge in [0.1, 0.15) is 0 Å². The van der Waals surface area contributed by atoms with E-state index in [1.54, 1.807) is 0 Å². The monoisotopic (exact) mass is 366 g/mol. The van der Waals surface area contributed by atoms with E-state index in [2.05, 4.69) is 72.5 Å². The van der Waals surface area contributed by atoms with Crippen molar-refractivity contribution in [3.63, 3.8) is 0 Å². The maximum atomic E-state index is 12.3. The van der Waals surface area contributed by atoms with Gasteiger partial charge in [0, 0.05) is 32.2 Å². The van der Waals surface area contributed by atoms with Gasteiger partial charge in [-0.3, -0.25) is 4.90 Å². The molecular weight excluding hydrogens is 336 g/mol. The Morgan fingerprint density at radius 1 is 1.04 bits per heavy atom. The lowest BCUT2D eigenvalue weighted by atomic mass is 10.1. The molecule has 0 N–H and O–H groups in total. The standard InChI is InChI=1S/C23H30N2O2/c1-2-3-16-27-23(26)24-15-14-22(19-24)25(17-20-10-6-4-7-11-20)18-21-12-8-5-9-13-21/h4-13,22H,2-3,14-19H2,1H3/t22-/m1/s1. The highest BCUT2D eigenvalue weighted by Gasteiger charge is 2.31. The molecule has 1 aliphatic heterocycles. The van der Waals surface area contributed by atoms with E-state index in [0.717, 1.165) is 45.4 Å². The maximum absolute atomic E-state index is 12.3. The van der Waals surface area contributed by atoms with Crippen LogP contribution in [0, 0.1) is 0 Å². The number of unbranched alkanes of at least 4 members (excludes halogenated alkanes) is 1. The second-order valence-corrected chi connectivity index (χ2v) is 7.23. The summed E-state index contributed by atoms with van der Waals surface area (Å²) < 4.78 is 5.40. The Morgan fingerprint density at radius 3 is 2.19 bits per heavy atom. The Bertz CT molecular complexity index is 649. The average molecular weight is 367 g/mol. The Balaban J connectivity index is 1.64. The molecule has 1 amide bonds. The molecule has 4 nitrogen and oxygen atoms in total. The van der Waals surface area contributed by atoms with Gasteiger partial charge in [0.05, 0.1) is 6.61 Å². The zero-order valence-corrected chi connectivity index (χ0v) is 16.2. The van der Waals surface area contributed by atoms with Gasteiger partial charge in [-0.2, -0.15) is 0 Å². The highest BCUT2D eigenvalue weighted by Crippen LogP contribution is 2.21. The summed E-state index contributed by atoms with van der Waals surface area (Å²) in [6.07, 6.45) is 2.79. The smallest absolute Gasteiger partial charge is 0.409 e. The fourth-order valence-electron chi connectivity index (χ4n) is 3.55. The molecule has 144 valence electrons. The fourth-order valence-corrected chi connectivity index (χ4v) is 3.55. The van der Waals surface area contributed by atoms with Crippen LogP contribution in [0.5, 0.6) is 0 Å². The molecule has 2 aromatic carbocycles. The molecule has 0 radical (unpaired) electrons. The van der Waals surface area contributed by atoms with Crippen molar-refractivity contribution in [1.29, 1.82) is 0 Å². The third-order valence-electron chi connectivity index (χ3n) is 5.12. The number of carbonyl (C=O) groups excluding carboxylic acids is 1. The number of benzene rings is 2. The summed E-state index contributed by atoms with van der Waals surface area (Å²) in [4.78, 5) is 16.6. The molecule has 0 bridgehead atoms. The van der Waals surface area contributed by atoms with Crippen LogP contribution in [-0.4, -0.2) is 41.6 Å². The molecule has 2 aromatic rings. The molecule has 3 rings (SSSR count). The molecule has 1 atom stereocenters. The van der Waals surface area contributed by atoms with E-state index in [1.165, 1.54) is 11.1 Å². The van der Waals surface area contributed by atoms with E-state index < -0.39 is 0 Å². The van der Waals surface area contributed by atoms with Crippen LogP contribution in [0.3, 0.4) is 0 Å². The van der Waals surface area contributed by atoms with Crippen LogP contribution < -0.4 is 0 Å². The first-order valence-electron chi connectivity index (χ1n) is 10.00. The van der Waals surface area contributed by atoms with Crippen LogP contribution in [-0.2, 0) is 17.8 Å². The zero-order chi connectivity index (χ0) is 18.9. The topological polar surface area (TPSA) is 32.8 Å². The van der Waals surface area contributed by atoms with Crippen molar-refractivity contribution in [2.45, 2.75) is 45.3 Å². The number of hydrogen-bond donors (Lipinski definition) is 0. The molecule has 4 heteroatoms. The van der Waals surface area contributed by atoms with Crippen LogP contribution in [0.25, 0.3) is 0 Å². The van der Waals surface area contributed by atoms with Gasteiger partial charge in [-0.05, 0) is 24.0 Å². The van der Waals surface area contributed by atoms with Gasteiger partial charge in [-0.25, -0.2) is 4.79 Å². The molecule has 0 spiro atoms. The van der Waals surface area contributed by atoms with Crippen molar-refractivity contribution in [2.24, 2.45) is 0 Å². The van der Waals surface area contributed by atoms with Crippen molar-refractivity contribution in [2.75, 3.05) is 19.7 Å². The quantitative estimate of drug-likeness (QED) is 0.635. The van der Waals surface area contributed by atoms with Crippen LogP contribution in [0.15, 0.2) is 60.7 Å². The number of hydrogen-bond acceptors (Lipinski definition) is 3. The van der Waals surface area contributed by atoms with Crippen LogP contribution in [0.1, 0.15) is 37.3 Å². The lowest BCUT2D eigenvalue weighted by molar-refractivity contribution is 0.103. The lowest BCUT2D eigenvalue weighted by Gasteiger charge is -2.29. The lowest BCUT2D eigenvalue weighted by Crippen LogP contribution is -2.38. The molecule has 0 saturated carbocycles. The number of rotatable bonds is 8. The average Bonchev–Trinajstić information content (AvgIpc) is 3.20. The number of ether oxygens (including phenoxy) is 1. The van der Waals surface area contributed by atoms with Crippen LogP contribution in [0.4, 0.5) is 4.79 Å². The Morgan fingerprint density at radius 2 is 1.63 bits per heavy atom. The normalized spacial score (nSPS) is 16.7. The summed E-state index contributed by atoms with van der Waals surface area (Å²) in [5.74, 6) is 0. The van der Waals surface area contributed by atoms with E-state index in [9.17, 15) is 4.79 Å². The summed E-state index contributed by atoms with van der Waals surface area (Å²) in [6, 6.07) is 21.5. The second kappa shape index (κ2) is 10.1. The van der Waals surface area contributed by atoms with Crippen molar-refractivity contribution < 1.29 is 9.53 Å². The molecule has 27 heavy (non-hydrogen) atoms. The van der Waals surface area contributed by atoms with Crippen molar-refractivity contribution in [3.8, 4) is 0 Å². The van der Waals surface area contributed by atoms with Crippen LogP contribution in [0.2, 0.25) is 0 Å². The summed E-state index contributed by atoms with van der Waals surface area (Å²) in [6.45, 7) is 5.91. The molecule has 1 fully saturated rings. The van der Waals surface area contributed by atoms with E-state index in [0.29, 0.717) is 12.6 Å². The summed E-state index contributed by atoms with van der Waals surface area (Å²) >= 11 is 0. The maximum Gasteiger partial charge on any atom is 0.409 e. The first-order chi connectivity index (χ1) is 13.3. The summed E-state index contributed by atoms with van der Waals surface area (Å²) in [7, 11) is 0. The zero-order valence-electron chi connectivity index (χ0n) is 16.2. The van der Waals surface area contributed by atoms with Crippen molar-refractivity contribution >= 4 is 6.09 Å². The van der Waals surface area contributed by atoms with E-state index in [4.69, 9.17) is 4.74 Å². The minimum Gasteiger partial charge on any atom is -0.449 e. The van der Waals surface area contributed by atoms with Gasteiger partial charge in [-0.15, -0.1) is 0 Å². The molecule has 1 aliphatic rings. The molecule has 0 aromatic heterocycles. The number of likely N-dealkylation sites (tertiary alicyclic amines) is 1. The number of carbonyl (C=O) groups is 1. The first-order valence-corrected chi connectivity index (χ1v) is 10.00. The predicted octanol–water partition coefficient (Wildman–Crippen LogP) is 4.70. The van der Waals surface area contributed by atoms with Gasteiger partial charge in [0.2, 0.25) is 0 Å². The van der Waals surface area contributed by atoms with E-state index >= 15 is 0 Å². The van der Waals surface area contributed by atoms with Gasteiger partial charge >= 0.3 is 6.09 Å². The number of amides is 1. The van der Waals surface area contributed by atoms with Crippen LogP contribution >= 0.6 is 0 Å². The Labute approximate surface area is 162 Å². The third kappa shape index (κ3) is 5.83. The van der Waals surface area contributed by atoms with E-state index in [-0.39, 0.29) is 6.09 Å². The highest BCUT2D eigenvalue weighted by atomic mass is 16.6. The second-order valence-electron chi connectivity index (χ2n) is 7.23. The molecular formula is C23H30N2O2. The van der Waals surface area contributed by atoms with Gasteiger partial charge in [0.15, 0.2) is 0 Å². The van der Waals surface area contributed by atoms with Gasteiger partial charge in [-0.1, -0.05) is 74.0 Å². The molecule has 1 saturated heterocycles. The Kier molecular flexibility index (Phi) is 7.28. The predicted molar refractivity (Wildman–Crippen MR) is 108 cm³/mol. The van der Waals surface area contributed by atoms with E-state index in [1.807, 2.05) is 4.90 Å². The number of nitrogens with zero attached hydrogens (tertiary/aromatic N) is 2. The van der Waals surface area contributed by atoms with Crippen molar-refractivity contribution in [3.05, 3.63) is 71.8 Å². The van der Waals surface area contributed by atoms with Crippen molar-refractivity contribution in [1.82, 2.24) is 9.80 Å². The first kappa shape index (κ1) is 19.4. The third-order valence-corrected chi connectivity index (χ3v) is 5.12. The molecule has 1 heterocycles. The highest BCUT2D eigenvalue weighted by molar-refractivity contribution is 5.68. The minimum atomic E-state index is -0.162. The molecule has 0 unspecified atom stereocenters. The molecule has 0 aliphatic carbocycles. The SMILES string of the molecule is CCCCOC(=O)N1CC[C@@H](N(Cc2ccccc2)Cc2ccccc2)C1. The summed E-state index contributed by atoms with van der Waals surface area (Å²) in [5, 5.41) is 0.